The van der Waals surface area contributed by atoms with Gasteiger partial charge in [0.25, 0.3) is 0 Å². The van der Waals surface area contributed by atoms with Crippen molar-refractivity contribution in [2.24, 2.45) is 34.5 Å². The number of aliphatic hydroxyl groups excluding tert-OH is 1. The Kier molecular flexibility index (Phi) is 4.16. The Labute approximate surface area is 148 Å². The fourth-order valence-electron chi connectivity index (χ4n) is 7.66. The van der Waals surface area contributed by atoms with Gasteiger partial charge in [-0.1, -0.05) is 25.5 Å². The molecule has 4 aliphatic rings. The van der Waals surface area contributed by atoms with E-state index in [9.17, 15) is 5.11 Å². The highest BCUT2D eigenvalue weighted by molar-refractivity contribution is 5.25. The maximum absolute atomic E-state index is 10.3. The van der Waals surface area contributed by atoms with Gasteiger partial charge in [0.05, 0.1) is 12.2 Å². The third kappa shape index (κ3) is 2.28. The van der Waals surface area contributed by atoms with E-state index in [1.165, 1.54) is 44.9 Å². The first kappa shape index (κ1) is 17.1. The van der Waals surface area contributed by atoms with Gasteiger partial charge in [-0.2, -0.15) is 0 Å². The lowest BCUT2D eigenvalue weighted by atomic mass is 9.47. The minimum atomic E-state index is -0.140. The molecule has 0 saturated heterocycles. The van der Waals surface area contributed by atoms with E-state index in [0.717, 1.165) is 24.2 Å². The van der Waals surface area contributed by atoms with Crippen LogP contribution in [0.2, 0.25) is 0 Å². The quantitative estimate of drug-likeness (QED) is 0.724. The molecule has 136 valence electrons. The van der Waals surface area contributed by atoms with Crippen molar-refractivity contribution in [2.75, 3.05) is 7.11 Å². The Morgan fingerprint density at radius 2 is 1.92 bits per heavy atom. The molecule has 4 rings (SSSR count). The van der Waals surface area contributed by atoms with Crippen LogP contribution in [0, 0.1) is 34.5 Å². The van der Waals surface area contributed by atoms with Crippen LogP contribution in [-0.2, 0) is 4.74 Å². The van der Waals surface area contributed by atoms with E-state index >= 15 is 0 Å². The third-order valence-corrected chi connectivity index (χ3v) is 9.05. The molecule has 0 bridgehead atoms. The van der Waals surface area contributed by atoms with Gasteiger partial charge in [0.2, 0.25) is 0 Å². The van der Waals surface area contributed by atoms with Crippen LogP contribution < -0.4 is 0 Å². The zero-order valence-electron chi connectivity index (χ0n) is 16.1. The molecule has 1 N–H and O–H groups in total. The maximum atomic E-state index is 10.3. The second kappa shape index (κ2) is 5.84. The topological polar surface area (TPSA) is 29.5 Å². The van der Waals surface area contributed by atoms with Crippen molar-refractivity contribution in [3.05, 3.63) is 11.6 Å². The lowest BCUT2D eigenvalue weighted by molar-refractivity contribution is -0.0696. The van der Waals surface area contributed by atoms with Crippen molar-refractivity contribution in [1.82, 2.24) is 0 Å². The molecule has 2 nitrogen and oxygen atoms in total. The third-order valence-electron chi connectivity index (χ3n) is 9.05. The second-order valence-corrected chi connectivity index (χ2v) is 9.83. The van der Waals surface area contributed by atoms with Crippen LogP contribution in [0.1, 0.15) is 72.1 Å². The van der Waals surface area contributed by atoms with Gasteiger partial charge in [-0.05, 0) is 92.8 Å². The number of ether oxygens (including phenoxy) is 1. The Balaban J connectivity index is 1.62. The first-order chi connectivity index (χ1) is 11.4. The zero-order valence-corrected chi connectivity index (χ0v) is 16.1. The Morgan fingerprint density at radius 3 is 2.62 bits per heavy atom. The zero-order chi connectivity index (χ0) is 17.1. The fraction of sp³-hybridized carbons (Fsp3) is 0.909. The van der Waals surface area contributed by atoms with Gasteiger partial charge < -0.3 is 9.84 Å². The van der Waals surface area contributed by atoms with E-state index in [0.29, 0.717) is 22.9 Å². The predicted octanol–water partition coefficient (Wildman–Crippen LogP) is 4.96. The summed E-state index contributed by atoms with van der Waals surface area (Å²) in [5, 5.41) is 10.3. The normalized spacial score (nSPS) is 52.0. The van der Waals surface area contributed by atoms with E-state index in [4.69, 9.17) is 4.74 Å². The van der Waals surface area contributed by atoms with E-state index in [-0.39, 0.29) is 6.10 Å². The van der Waals surface area contributed by atoms with Crippen LogP contribution >= 0.6 is 0 Å². The summed E-state index contributed by atoms with van der Waals surface area (Å²) < 4.78 is 5.68. The molecule has 0 aliphatic heterocycles. The van der Waals surface area contributed by atoms with Crippen LogP contribution in [0.5, 0.6) is 0 Å². The molecule has 0 aromatic rings. The standard InChI is InChI=1S/C22H36O2/c1-14(23)18-7-8-19-17-6-5-15-13-16(24-4)9-11-21(15,2)20(17)10-12-22(18,19)3/h5,14,16-20,23H,6-13H2,1-4H3/t14?,16-,17?,18+,19?,20?,21-,22+/m0/s1. The number of methoxy groups -OCH3 is 1. The van der Waals surface area contributed by atoms with Crippen LogP contribution in [0.3, 0.4) is 0 Å². The average Bonchev–Trinajstić information content (AvgIpc) is 2.91. The van der Waals surface area contributed by atoms with Crippen molar-refractivity contribution in [3.63, 3.8) is 0 Å². The average molecular weight is 333 g/mol. The molecular formula is C22H36O2. The molecule has 0 aromatic carbocycles. The van der Waals surface area contributed by atoms with Crippen LogP contribution in [0.25, 0.3) is 0 Å². The molecule has 0 spiro atoms. The second-order valence-electron chi connectivity index (χ2n) is 9.83. The minimum absolute atomic E-state index is 0.140. The number of rotatable bonds is 2. The molecule has 24 heavy (non-hydrogen) atoms. The summed E-state index contributed by atoms with van der Waals surface area (Å²) in [7, 11) is 1.88. The van der Waals surface area contributed by atoms with Gasteiger partial charge in [-0.3, -0.25) is 0 Å². The Morgan fingerprint density at radius 1 is 1.12 bits per heavy atom. The SMILES string of the molecule is CO[C@H]1CC[C@@]2(C)C(=CCC3C2CC[C@@]2(C)C3CC[C@@H]2C(C)O)C1. The molecule has 2 heteroatoms. The summed E-state index contributed by atoms with van der Waals surface area (Å²) in [6.07, 6.45) is 13.2. The van der Waals surface area contributed by atoms with E-state index < -0.39 is 0 Å². The highest BCUT2D eigenvalue weighted by Gasteiger charge is 2.59. The summed E-state index contributed by atoms with van der Waals surface area (Å²) in [6, 6.07) is 0. The summed E-state index contributed by atoms with van der Waals surface area (Å²) >= 11 is 0. The Bertz CT molecular complexity index is 524. The largest absolute Gasteiger partial charge is 0.393 e. The monoisotopic (exact) mass is 332 g/mol. The molecule has 4 aliphatic carbocycles. The summed E-state index contributed by atoms with van der Waals surface area (Å²) in [4.78, 5) is 0. The highest BCUT2D eigenvalue weighted by Crippen LogP contribution is 2.66. The van der Waals surface area contributed by atoms with E-state index in [1.807, 2.05) is 14.0 Å². The minimum Gasteiger partial charge on any atom is -0.393 e. The number of aliphatic hydroxyl groups is 1. The number of allylic oxidation sites excluding steroid dienone is 1. The summed E-state index contributed by atoms with van der Waals surface area (Å²) in [5.41, 5.74) is 2.50. The molecular weight excluding hydrogens is 296 g/mol. The molecule has 0 amide bonds. The number of fused-ring (bicyclic) bond motifs is 5. The van der Waals surface area contributed by atoms with Crippen molar-refractivity contribution < 1.29 is 9.84 Å². The van der Waals surface area contributed by atoms with Gasteiger partial charge in [0.1, 0.15) is 0 Å². The summed E-state index contributed by atoms with van der Waals surface area (Å²) in [5.74, 6) is 3.05. The van der Waals surface area contributed by atoms with E-state index in [2.05, 4.69) is 19.9 Å². The number of hydrogen-bond acceptors (Lipinski definition) is 2. The Hall–Kier alpha value is -0.340. The van der Waals surface area contributed by atoms with Crippen molar-refractivity contribution in [2.45, 2.75) is 84.3 Å². The predicted molar refractivity (Wildman–Crippen MR) is 97.7 cm³/mol. The lowest BCUT2D eigenvalue weighted by Crippen LogP contribution is -2.51. The molecule has 0 aromatic heterocycles. The van der Waals surface area contributed by atoms with Crippen LogP contribution in [0.4, 0.5) is 0 Å². The van der Waals surface area contributed by atoms with Gasteiger partial charge >= 0.3 is 0 Å². The highest BCUT2D eigenvalue weighted by atomic mass is 16.5. The summed E-state index contributed by atoms with van der Waals surface area (Å²) in [6.45, 7) is 7.09. The molecule has 4 unspecified atom stereocenters. The van der Waals surface area contributed by atoms with Crippen LogP contribution in [-0.4, -0.2) is 24.4 Å². The van der Waals surface area contributed by atoms with Gasteiger partial charge in [0, 0.05) is 7.11 Å². The number of hydrogen-bond donors (Lipinski definition) is 1. The van der Waals surface area contributed by atoms with Crippen molar-refractivity contribution in [1.29, 1.82) is 0 Å². The molecule has 8 atom stereocenters. The first-order valence-electron chi connectivity index (χ1n) is 10.3. The smallest absolute Gasteiger partial charge is 0.0608 e. The van der Waals surface area contributed by atoms with Crippen molar-refractivity contribution >= 4 is 0 Å². The van der Waals surface area contributed by atoms with Gasteiger partial charge in [0.15, 0.2) is 0 Å². The van der Waals surface area contributed by atoms with Gasteiger partial charge in [-0.15, -0.1) is 0 Å². The first-order valence-corrected chi connectivity index (χ1v) is 10.3. The van der Waals surface area contributed by atoms with Crippen molar-refractivity contribution in [3.8, 4) is 0 Å². The fourth-order valence-corrected chi connectivity index (χ4v) is 7.66. The maximum Gasteiger partial charge on any atom is 0.0608 e. The van der Waals surface area contributed by atoms with Crippen LogP contribution in [0.15, 0.2) is 11.6 Å². The van der Waals surface area contributed by atoms with Gasteiger partial charge in [-0.25, -0.2) is 0 Å². The molecule has 0 heterocycles. The molecule has 3 saturated carbocycles. The molecule has 0 radical (unpaired) electrons. The lowest BCUT2D eigenvalue weighted by Gasteiger charge is -2.58. The molecule has 3 fully saturated rings. The van der Waals surface area contributed by atoms with E-state index in [1.54, 1.807) is 5.57 Å².